The topological polar surface area (TPSA) is 94.6 Å². The normalized spacial score (nSPS) is 25.4. The average Bonchev–Trinajstić information content (AvgIpc) is 3.52. The lowest BCUT2D eigenvalue weighted by atomic mass is 9.74. The summed E-state index contributed by atoms with van der Waals surface area (Å²) < 4.78 is 15.5. The van der Waals surface area contributed by atoms with E-state index in [4.69, 9.17) is 16.6 Å². The highest BCUT2D eigenvalue weighted by molar-refractivity contribution is 6.30. The molecule has 9 nitrogen and oxygen atoms in total. The first-order chi connectivity index (χ1) is 19.2. The Labute approximate surface area is 236 Å². The van der Waals surface area contributed by atoms with Gasteiger partial charge in [-0.15, -0.1) is 0 Å². The number of fused-ring (bicyclic) bond motifs is 2. The molecule has 0 spiro atoms. The maximum atomic E-state index is 15.5. The van der Waals surface area contributed by atoms with Crippen LogP contribution in [-0.2, 0) is 5.41 Å². The number of carbonyl (C=O) groups is 2. The first-order valence-electron chi connectivity index (χ1n) is 13.6. The van der Waals surface area contributed by atoms with Crippen molar-refractivity contribution in [3.63, 3.8) is 0 Å². The lowest BCUT2D eigenvalue weighted by Gasteiger charge is -2.43. The van der Waals surface area contributed by atoms with E-state index in [2.05, 4.69) is 15.3 Å². The highest BCUT2D eigenvalue weighted by atomic mass is 35.5. The Hall–Kier alpha value is -3.79. The SMILES string of the molecule is Cc1cccnc1N1C[C@](C)(c2cccc(Cl)c2F)c2nc(NC3CN(C(=O)N4CC5CC4C5)C3)ncc2C1=O. The number of halogens is 2. The third kappa shape index (κ3) is 3.83. The second-order valence-electron chi connectivity index (χ2n) is 11.6. The molecule has 0 unspecified atom stereocenters. The molecule has 1 N–H and O–H groups in total. The number of benzene rings is 1. The van der Waals surface area contributed by atoms with Crippen molar-refractivity contribution in [2.45, 2.75) is 44.2 Å². The molecule has 5 aliphatic rings. The molecule has 6 heterocycles. The number of amides is 3. The average molecular weight is 562 g/mol. The summed E-state index contributed by atoms with van der Waals surface area (Å²) in [6, 6.07) is 9.06. The molecule has 0 radical (unpaired) electrons. The van der Waals surface area contributed by atoms with Gasteiger partial charge in [-0.2, -0.15) is 0 Å². The van der Waals surface area contributed by atoms with Crippen LogP contribution in [0.15, 0.2) is 42.7 Å². The smallest absolute Gasteiger partial charge is 0.320 e. The van der Waals surface area contributed by atoms with Crippen LogP contribution in [0.25, 0.3) is 0 Å². The first kappa shape index (κ1) is 25.2. The number of rotatable bonds is 4. The number of anilines is 2. The summed E-state index contributed by atoms with van der Waals surface area (Å²) in [5.74, 6) is 0.664. The molecule has 3 saturated heterocycles. The molecule has 8 rings (SSSR count). The van der Waals surface area contributed by atoms with Gasteiger partial charge in [0.25, 0.3) is 5.91 Å². The molecule has 1 aliphatic carbocycles. The van der Waals surface area contributed by atoms with Gasteiger partial charge in [0.2, 0.25) is 5.95 Å². The quantitative estimate of drug-likeness (QED) is 0.512. The number of pyridine rings is 1. The standard InChI is InChI=1S/C29H29ClFN7O2/c1-16-5-4-8-32-25(16)38-15-29(2,21-6-3-7-22(30)23(21)31)24-20(26(38)39)11-33-27(35-24)34-18-13-36(14-18)28(40)37-12-17-9-19(37)10-17/h3-8,11,17-19H,9-10,12-15H2,1-2H3,(H,33,34,35)/t17?,19?,29-/m1/s1. The van der Waals surface area contributed by atoms with Crippen molar-refractivity contribution in [1.82, 2.24) is 24.8 Å². The summed E-state index contributed by atoms with van der Waals surface area (Å²) in [4.78, 5) is 45.7. The molecule has 2 bridgehead atoms. The van der Waals surface area contributed by atoms with Gasteiger partial charge in [0.05, 0.1) is 27.7 Å². The monoisotopic (exact) mass is 561 g/mol. The van der Waals surface area contributed by atoms with E-state index in [1.165, 1.54) is 12.3 Å². The molecule has 1 saturated carbocycles. The van der Waals surface area contributed by atoms with Gasteiger partial charge in [0, 0.05) is 50.2 Å². The molecule has 2 aromatic heterocycles. The molecule has 1 aromatic carbocycles. The molecule has 3 aromatic rings. The summed E-state index contributed by atoms with van der Waals surface area (Å²) in [7, 11) is 0. The maximum Gasteiger partial charge on any atom is 0.320 e. The predicted octanol–water partition coefficient (Wildman–Crippen LogP) is 4.25. The highest BCUT2D eigenvalue weighted by Crippen LogP contribution is 2.43. The number of likely N-dealkylation sites (tertiary alicyclic amines) is 1. The van der Waals surface area contributed by atoms with Gasteiger partial charge >= 0.3 is 6.03 Å². The summed E-state index contributed by atoms with van der Waals surface area (Å²) in [6.45, 7) is 5.84. The molecule has 3 amide bonds. The maximum absolute atomic E-state index is 15.5. The number of nitrogens with zero attached hydrogens (tertiary/aromatic N) is 6. The van der Waals surface area contributed by atoms with Crippen molar-refractivity contribution in [3.8, 4) is 0 Å². The van der Waals surface area contributed by atoms with E-state index >= 15 is 4.39 Å². The molecule has 11 heteroatoms. The minimum atomic E-state index is -1.04. The van der Waals surface area contributed by atoms with E-state index in [1.54, 1.807) is 29.3 Å². The van der Waals surface area contributed by atoms with Crippen LogP contribution in [0, 0.1) is 18.7 Å². The number of carbonyl (C=O) groups excluding carboxylic acids is 2. The summed E-state index contributed by atoms with van der Waals surface area (Å²) in [5.41, 5.74) is 0.816. The van der Waals surface area contributed by atoms with Crippen molar-refractivity contribution >= 4 is 35.3 Å². The first-order valence-corrected chi connectivity index (χ1v) is 14.0. The lowest BCUT2D eigenvalue weighted by molar-refractivity contribution is 0.0967. The van der Waals surface area contributed by atoms with Crippen LogP contribution in [0.4, 0.5) is 21.0 Å². The number of urea groups is 1. The Morgan fingerprint density at radius 1 is 1.15 bits per heavy atom. The fourth-order valence-electron chi connectivity index (χ4n) is 6.57. The van der Waals surface area contributed by atoms with Gasteiger partial charge in [0.1, 0.15) is 11.6 Å². The van der Waals surface area contributed by atoms with Gasteiger partial charge < -0.3 is 15.1 Å². The van der Waals surface area contributed by atoms with Gasteiger partial charge in [-0.1, -0.05) is 29.8 Å². The van der Waals surface area contributed by atoms with Crippen molar-refractivity contribution in [1.29, 1.82) is 0 Å². The number of aryl methyl sites for hydroxylation is 1. The van der Waals surface area contributed by atoms with E-state index in [0.29, 0.717) is 48.1 Å². The van der Waals surface area contributed by atoms with Crippen molar-refractivity contribution in [2.75, 3.05) is 36.4 Å². The van der Waals surface area contributed by atoms with Gasteiger partial charge in [-0.3, -0.25) is 9.69 Å². The zero-order chi connectivity index (χ0) is 27.8. The molecule has 1 atom stereocenters. The van der Waals surface area contributed by atoms with Crippen molar-refractivity contribution < 1.29 is 14.0 Å². The number of hydrogen-bond acceptors (Lipinski definition) is 6. The second-order valence-corrected chi connectivity index (χ2v) is 12.0. The third-order valence-corrected chi connectivity index (χ3v) is 9.17. The molecule has 40 heavy (non-hydrogen) atoms. The Balaban J connectivity index is 1.19. The zero-order valence-electron chi connectivity index (χ0n) is 22.3. The van der Waals surface area contributed by atoms with Crippen LogP contribution in [0.1, 0.15) is 46.9 Å². The lowest BCUT2D eigenvalue weighted by Crippen LogP contribution is -2.60. The largest absolute Gasteiger partial charge is 0.348 e. The zero-order valence-corrected chi connectivity index (χ0v) is 23.0. The van der Waals surface area contributed by atoms with Crippen LogP contribution < -0.4 is 10.2 Å². The molecule has 4 aliphatic heterocycles. The van der Waals surface area contributed by atoms with Crippen molar-refractivity contribution in [2.24, 2.45) is 5.92 Å². The summed E-state index contributed by atoms with van der Waals surface area (Å²) in [5, 5.41) is 3.32. The fourth-order valence-corrected chi connectivity index (χ4v) is 6.74. The van der Waals surface area contributed by atoms with E-state index in [-0.39, 0.29) is 35.1 Å². The summed E-state index contributed by atoms with van der Waals surface area (Å²) >= 11 is 6.21. The number of aromatic nitrogens is 3. The minimum Gasteiger partial charge on any atom is -0.348 e. The molecule has 4 fully saturated rings. The van der Waals surface area contributed by atoms with Crippen LogP contribution >= 0.6 is 11.6 Å². The summed E-state index contributed by atoms with van der Waals surface area (Å²) in [6.07, 6.45) is 5.39. The van der Waals surface area contributed by atoms with Gasteiger partial charge in [-0.25, -0.2) is 24.1 Å². The Morgan fingerprint density at radius 2 is 1.95 bits per heavy atom. The van der Waals surface area contributed by atoms with Gasteiger partial charge in [0.15, 0.2) is 0 Å². The van der Waals surface area contributed by atoms with Crippen LogP contribution in [0.3, 0.4) is 0 Å². The van der Waals surface area contributed by atoms with E-state index < -0.39 is 11.2 Å². The Kier molecular flexibility index (Phi) is 5.75. The number of nitrogens with one attached hydrogen (secondary N) is 1. The molecular weight excluding hydrogens is 533 g/mol. The third-order valence-electron chi connectivity index (χ3n) is 8.88. The van der Waals surface area contributed by atoms with Crippen LogP contribution in [-0.4, -0.2) is 75.0 Å². The minimum absolute atomic E-state index is 0.0000986. The van der Waals surface area contributed by atoms with Crippen molar-refractivity contribution in [3.05, 3.63) is 75.9 Å². The Morgan fingerprint density at radius 3 is 2.67 bits per heavy atom. The predicted molar refractivity (Wildman–Crippen MR) is 148 cm³/mol. The van der Waals surface area contributed by atoms with E-state index in [1.807, 2.05) is 29.7 Å². The fraction of sp³-hybridized carbons (Fsp3) is 0.414. The van der Waals surface area contributed by atoms with E-state index in [9.17, 15) is 9.59 Å². The molecular formula is C29H29ClFN7O2. The van der Waals surface area contributed by atoms with Crippen LogP contribution in [0.2, 0.25) is 5.02 Å². The molecule has 206 valence electrons. The van der Waals surface area contributed by atoms with E-state index in [0.717, 1.165) is 24.9 Å². The van der Waals surface area contributed by atoms with Gasteiger partial charge in [-0.05, 0) is 50.3 Å². The Bertz CT molecular complexity index is 1540. The second kappa shape index (κ2) is 9.12. The van der Waals surface area contributed by atoms with Crippen LogP contribution in [0.5, 0.6) is 0 Å². The highest BCUT2D eigenvalue weighted by Gasteiger charge is 2.48. The number of hydrogen-bond donors (Lipinski definition) is 1.